The first-order chi connectivity index (χ1) is 10.3. The predicted octanol–water partition coefficient (Wildman–Crippen LogP) is 5.78. The Hall–Kier alpha value is -1.25. The third-order valence-electron chi connectivity index (χ3n) is 3.59. The molecule has 1 aromatic rings. The van der Waals surface area contributed by atoms with Gasteiger partial charge in [-0.3, -0.25) is 0 Å². The molecule has 0 amide bonds. The molecule has 0 bridgehead atoms. The van der Waals surface area contributed by atoms with Gasteiger partial charge in [-0.1, -0.05) is 51.9 Å². The van der Waals surface area contributed by atoms with E-state index in [1.807, 2.05) is 13.0 Å². The molecule has 0 fully saturated rings. The van der Waals surface area contributed by atoms with Gasteiger partial charge in [0.2, 0.25) is 0 Å². The van der Waals surface area contributed by atoms with Crippen molar-refractivity contribution in [2.45, 2.75) is 65.2 Å². The van der Waals surface area contributed by atoms with Gasteiger partial charge in [0.25, 0.3) is 0 Å². The Morgan fingerprint density at radius 3 is 2.24 bits per heavy atom. The van der Waals surface area contributed by atoms with Crippen molar-refractivity contribution in [3.63, 3.8) is 0 Å². The van der Waals surface area contributed by atoms with E-state index in [9.17, 15) is 4.39 Å². The first-order valence-corrected chi connectivity index (χ1v) is 8.44. The summed E-state index contributed by atoms with van der Waals surface area (Å²) >= 11 is 0. The van der Waals surface area contributed by atoms with Gasteiger partial charge in [0, 0.05) is 18.3 Å². The summed E-state index contributed by atoms with van der Waals surface area (Å²) in [6.07, 6.45) is 10.5. The van der Waals surface area contributed by atoms with E-state index >= 15 is 0 Å². The van der Waals surface area contributed by atoms with Crippen molar-refractivity contribution in [3.05, 3.63) is 24.0 Å². The minimum absolute atomic E-state index is 0.294. The number of rotatable bonds is 12. The Kier molecular flexibility index (Phi) is 9.68. The number of benzene rings is 1. The van der Waals surface area contributed by atoms with Crippen LogP contribution in [0.5, 0.6) is 5.75 Å². The first kappa shape index (κ1) is 17.8. The smallest absolute Gasteiger partial charge is 0.167 e. The lowest BCUT2D eigenvalue weighted by molar-refractivity contribution is 0.321. The molecule has 0 aliphatic carbocycles. The fraction of sp³-hybridized carbons (Fsp3) is 0.667. The molecule has 1 aromatic carbocycles. The highest BCUT2D eigenvalue weighted by atomic mass is 19.1. The van der Waals surface area contributed by atoms with Crippen molar-refractivity contribution in [1.82, 2.24) is 0 Å². The SMILES string of the molecule is CCCCCCCCCCNc1ccc(OCC)c(F)c1. The summed E-state index contributed by atoms with van der Waals surface area (Å²) < 4.78 is 18.8. The number of unbranched alkanes of at least 4 members (excludes halogenated alkanes) is 7. The summed E-state index contributed by atoms with van der Waals surface area (Å²) in [4.78, 5) is 0. The summed E-state index contributed by atoms with van der Waals surface area (Å²) in [7, 11) is 0. The zero-order valence-corrected chi connectivity index (χ0v) is 13.6. The minimum Gasteiger partial charge on any atom is -0.491 e. The Labute approximate surface area is 129 Å². The average Bonchev–Trinajstić information content (AvgIpc) is 2.48. The van der Waals surface area contributed by atoms with Crippen molar-refractivity contribution in [2.75, 3.05) is 18.5 Å². The molecule has 0 unspecified atom stereocenters. The quantitative estimate of drug-likeness (QED) is 0.494. The topological polar surface area (TPSA) is 21.3 Å². The van der Waals surface area contributed by atoms with Gasteiger partial charge in [0.1, 0.15) is 0 Å². The summed E-state index contributed by atoms with van der Waals surface area (Å²) in [6.45, 7) is 5.49. The van der Waals surface area contributed by atoms with E-state index in [4.69, 9.17) is 4.74 Å². The van der Waals surface area contributed by atoms with Crippen molar-refractivity contribution in [3.8, 4) is 5.75 Å². The number of nitrogens with one attached hydrogen (secondary N) is 1. The lowest BCUT2D eigenvalue weighted by Crippen LogP contribution is -2.02. The first-order valence-electron chi connectivity index (χ1n) is 8.44. The molecule has 1 N–H and O–H groups in total. The van der Waals surface area contributed by atoms with Crippen LogP contribution in [0.25, 0.3) is 0 Å². The summed E-state index contributed by atoms with van der Waals surface area (Å²) in [5, 5.41) is 3.27. The van der Waals surface area contributed by atoms with Gasteiger partial charge in [-0.2, -0.15) is 0 Å². The van der Waals surface area contributed by atoms with Gasteiger partial charge in [-0.25, -0.2) is 4.39 Å². The third-order valence-corrected chi connectivity index (χ3v) is 3.59. The highest BCUT2D eigenvalue weighted by Gasteiger charge is 2.03. The second kappa shape index (κ2) is 11.4. The molecule has 3 heteroatoms. The van der Waals surface area contributed by atoms with Gasteiger partial charge < -0.3 is 10.1 Å². The van der Waals surface area contributed by atoms with Crippen molar-refractivity contribution in [1.29, 1.82) is 0 Å². The maximum absolute atomic E-state index is 13.6. The van der Waals surface area contributed by atoms with E-state index in [1.54, 1.807) is 6.07 Å². The lowest BCUT2D eigenvalue weighted by Gasteiger charge is -2.09. The van der Waals surface area contributed by atoms with E-state index < -0.39 is 0 Å². The van der Waals surface area contributed by atoms with E-state index in [2.05, 4.69) is 12.2 Å². The molecule has 0 aliphatic rings. The van der Waals surface area contributed by atoms with Crippen LogP contribution in [-0.4, -0.2) is 13.2 Å². The van der Waals surface area contributed by atoms with Crippen LogP contribution in [0, 0.1) is 5.82 Å². The van der Waals surface area contributed by atoms with Crippen molar-refractivity contribution in [2.24, 2.45) is 0 Å². The highest BCUT2D eigenvalue weighted by molar-refractivity contribution is 5.47. The van der Waals surface area contributed by atoms with Crippen LogP contribution in [0.1, 0.15) is 65.2 Å². The maximum Gasteiger partial charge on any atom is 0.167 e. The number of anilines is 1. The Bertz CT molecular complexity index is 381. The minimum atomic E-state index is -0.294. The summed E-state index contributed by atoms with van der Waals surface area (Å²) in [6, 6.07) is 5.07. The summed E-state index contributed by atoms with van der Waals surface area (Å²) in [5.74, 6) is 0.0351. The molecule has 120 valence electrons. The second-order valence-electron chi connectivity index (χ2n) is 5.48. The molecule has 0 spiro atoms. The third kappa shape index (κ3) is 7.93. The van der Waals surface area contributed by atoms with Gasteiger partial charge in [-0.15, -0.1) is 0 Å². The normalized spacial score (nSPS) is 10.6. The molecule has 21 heavy (non-hydrogen) atoms. The second-order valence-corrected chi connectivity index (χ2v) is 5.48. The van der Waals surface area contributed by atoms with Crippen LogP contribution in [0.2, 0.25) is 0 Å². The van der Waals surface area contributed by atoms with Crippen LogP contribution >= 0.6 is 0 Å². The Morgan fingerprint density at radius 2 is 1.62 bits per heavy atom. The average molecular weight is 295 g/mol. The molecule has 0 saturated carbocycles. The Balaban J connectivity index is 2.08. The maximum atomic E-state index is 13.6. The molecule has 0 aliphatic heterocycles. The molecule has 1 rings (SSSR count). The highest BCUT2D eigenvalue weighted by Crippen LogP contribution is 2.21. The van der Waals surface area contributed by atoms with Crippen LogP contribution in [0.3, 0.4) is 0 Å². The number of hydrogen-bond acceptors (Lipinski definition) is 2. The monoisotopic (exact) mass is 295 g/mol. The number of halogens is 1. The molecule has 0 aromatic heterocycles. The van der Waals surface area contributed by atoms with Gasteiger partial charge >= 0.3 is 0 Å². The molecule has 0 saturated heterocycles. The molecular weight excluding hydrogens is 265 g/mol. The molecule has 0 atom stereocenters. The molecule has 0 heterocycles. The Morgan fingerprint density at radius 1 is 0.952 bits per heavy atom. The number of ether oxygens (including phenoxy) is 1. The van der Waals surface area contributed by atoms with E-state index in [0.29, 0.717) is 12.4 Å². The van der Waals surface area contributed by atoms with Crippen LogP contribution in [0.4, 0.5) is 10.1 Å². The molecular formula is C18H30FNO. The zero-order chi connectivity index (χ0) is 15.3. The predicted molar refractivity (Wildman–Crippen MR) is 88.7 cm³/mol. The van der Waals surface area contributed by atoms with Gasteiger partial charge in [-0.05, 0) is 25.5 Å². The van der Waals surface area contributed by atoms with Crippen molar-refractivity contribution >= 4 is 5.69 Å². The molecule has 2 nitrogen and oxygen atoms in total. The van der Waals surface area contributed by atoms with E-state index in [-0.39, 0.29) is 5.82 Å². The zero-order valence-electron chi connectivity index (χ0n) is 13.6. The standard InChI is InChI=1S/C18H30FNO/c1-3-5-6-7-8-9-10-11-14-20-16-12-13-18(21-4-2)17(19)15-16/h12-13,15,20H,3-11,14H2,1-2H3. The van der Waals surface area contributed by atoms with Crippen LogP contribution in [0.15, 0.2) is 18.2 Å². The fourth-order valence-electron chi connectivity index (χ4n) is 2.37. The van der Waals surface area contributed by atoms with Gasteiger partial charge in [0.15, 0.2) is 11.6 Å². The molecule has 0 radical (unpaired) electrons. The number of hydrogen-bond donors (Lipinski definition) is 1. The fourth-order valence-corrected chi connectivity index (χ4v) is 2.37. The summed E-state index contributed by atoms with van der Waals surface area (Å²) in [5.41, 5.74) is 0.832. The van der Waals surface area contributed by atoms with Crippen molar-refractivity contribution < 1.29 is 9.13 Å². The van der Waals surface area contributed by atoms with Gasteiger partial charge in [0.05, 0.1) is 6.61 Å². The largest absolute Gasteiger partial charge is 0.491 e. The van der Waals surface area contributed by atoms with Crippen LogP contribution in [-0.2, 0) is 0 Å². The van der Waals surface area contributed by atoms with Crippen LogP contribution < -0.4 is 10.1 Å². The van der Waals surface area contributed by atoms with E-state index in [0.717, 1.165) is 18.7 Å². The van der Waals surface area contributed by atoms with E-state index in [1.165, 1.54) is 51.0 Å². The lowest BCUT2D eigenvalue weighted by atomic mass is 10.1.